The van der Waals surface area contributed by atoms with Gasteiger partial charge in [0.2, 0.25) is 0 Å². The van der Waals surface area contributed by atoms with Crippen LogP contribution in [0.5, 0.6) is 0 Å². The van der Waals surface area contributed by atoms with Crippen LogP contribution in [0, 0.1) is 5.92 Å². The zero-order valence-electron chi connectivity index (χ0n) is 16.2. The van der Waals surface area contributed by atoms with E-state index in [1.54, 1.807) is 11.0 Å². The van der Waals surface area contributed by atoms with Crippen molar-refractivity contribution >= 4 is 6.09 Å². The van der Waals surface area contributed by atoms with Crippen molar-refractivity contribution in [3.05, 3.63) is 42.2 Å². The van der Waals surface area contributed by atoms with Gasteiger partial charge in [0.25, 0.3) is 0 Å². The minimum Gasteiger partial charge on any atom is -0.444 e. The first-order valence-corrected chi connectivity index (χ1v) is 8.91. The second-order valence-corrected chi connectivity index (χ2v) is 7.59. The van der Waals surface area contributed by atoms with Crippen LogP contribution < -0.4 is 10.6 Å². The molecule has 2 aromatic rings. The van der Waals surface area contributed by atoms with E-state index in [0.29, 0.717) is 13.1 Å². The van der Waals surface area contributed by atoms with Crippen molar-refractivity contribution in [2.45, 2.75) is 52.8 Å². The summed E-state index contributed by atoms with van der Waals surface area (Å²) in [5, 5.41) is 15.0. The van der Waals surface area contributed by atoms with Gasteiger partial charge in [-0.2, -0.15) is 15.0 Å². The van der Waals surface area contributed by atoms with Gasteiger partial charge in [0.15, 0.2) is 0 Å². The quantitative estimate of drug-likeness (QED) is 0.794. The Balaban J connectivity index is 1.84. The number of aromatic nitrogens is 3. The van der Waals surface area contributed by atoms with Gasteiger partial charge in [-0.15, -0.1) is 0 Å². The molecule has 2 N–H and O–H groups in total. The monoisotopic (exact) mass is 359 g/mol. The van der Waals surface area contributed by atoms with E-state index in [1.165, 1.54) is 0 Å². The van der Waals surface area contributed by atoms with Crippen molar-refractivity contribution in [1.29, 1.82) is 0 Å². The Kier molecular flexibility index (Phi) is 6.74. The summed E-state index contributed by atoms with van der Waals surface area (Å²) in [6.45, 7) is 10.9. The topological polar surface area (TPSA) is 81.1 Å². The second kappa shape index (κ2) is 8.80. The predicted molar refractivity (Wildman–Crippen MR) is 101 cm³/mol. The molecule has 0 aliphatic heterocycles. The summed E-state index contributed by atoms with van der Waals surface area (Å²) in [7, 11) is 0. The Morgan fingerprint density at radius 3 is 2.54 bits per heavy atom. The lowest BCUT2D eigenvalue weighted by Gasteiger charge is -2.26. The maximum absolute atomic E-state index is 12.0. The molecule has 26 heavy (non-hydrogen) atoms. The number of nitrogens with zero attached hydrogens (tertiary/aromatic N) is 3. The number of alkyl carbamates (subject to hydrolysis) is 1. The lowest BCUT2D eigenvalue weighted by atomic mass is 10.0. The van der Waals surface area contributed by atoms with Gasteiger partial charge in [0.05, 0.1) is 17.6 Å². The molecule has 142 valence electrons. The third kappa shape index (κ3) is 6.48. The SMILES string of the molecule is CC(C)[C@H](CNCc1cnn(-c2ccccc2)n1)NC(=O)OC(C)(C)C. The lowest BCUT2D eigenvalue weighted by molar-refractivity contribution is 0.0490. The summed E-state index contributed by atoms with van der Waals surface area (Å²) < 4.78 is 5.33. The third-order valence-corrected chi connectivity index (χ3v) is 3.70. The smallest absolute Gasteiger partial charge is 0.407 e. The number of carbonyl (C=O) groups is 1. The Morgan fingerprint density at radius 1 is 1.23 bits per heavy atom. The number of carbonyl (C=O) groups excluding carboxylic acids is 1. The molecule has 0 fully saturated rings. The molecule has 0 saturated carbocycles. The van der Waals surface area contributed by atoms with E-state index in [-0.39, 0.29) is 12.0 Å². The van der Waals surface area contributed by atoms with E-state index in [1.807, 2.05) is 51.1 Å². The normalized spacial score (nSPS) is 12.8. The Hall–Kier alpha value is -2.41. The van der Waals surface area contributed by atoms with Crippen LogP contribution in [0.3, 0.4) is 0 Å². The number of nitrogens with one attached hydrogen (secondary N) is 2. The first-order valence-electron chi connectivity index (χ1n) is 8.91. The van der Waals surface area contributed by atoms with E-state index in [2.05, 4.69) is 34.7 Å². The molecule has 0 unspecified atom stereocenters. The van der Waals surface area contributed by atoms with Crippen molar-refractivity contribution in [1.82, 2.24) is 25.6 Å². The molecule has 1 aromatic heterocycles. The molecule has 1 aromatic carbocycles. The molecule has 0 saturated heterocycles. The zero-order valence-corrected chi connectivity index (χ0v) is 16.2. The van der Waals surface area contributed by atoms with E-state index in [4.69, 9.17) is 4.74 Å². The van der Waals surface area contributed by atoms with Crippen LogP contribution in [-0.2, 0) is 11.3 Å². The van der Waals surface area contributed by atoms with Gasteiger partial charge in [0, 0.05) is 19.1 Å². The number of amides is 1. The molecular weight excluding hydrogens is 330 g/mol. The summed E-state index contributed by atoms with van der Waals surface area (Å²) in [4.78, 5) is 13.6. The Bertz CT molecular complexity index is 691. The van der Waals surface area contributed by atoms with E-state index in [9.17, 15) is 4.79 Å². The van der Waals surface area contributed by atoms with Crippen molar-refractivity contribution < 1.29 is 9.53 Å². The first-order chi connectivity index (χ1) is 12.2. The van der Waals surface area contributed by atoms with Crippen LogP contribution in [0.2, 0.25) is 0 Å². The molecule has 1 atom stereocenters. The lowest BCUT2D eigenvalue weighted by Crippen LogP contribution is -2.47. The van der Waals surface area contributed by atoms with Crippen molar-refractivity contribution in [2.75, 3.05) is 6.54 Å². The fourth-order valence-corrected chi connectivity index (χ4v) is 2.33. The van der Waals surface area contributed by atoms with Gasteiger partial charge in [-0.3, -0.25) is 0 Å². The van der Waals surface area contributed by atoms with Gasteiger partial charge in [-0.1, -0.05) is 32.0 Å². The fourth-order valence-electron chi connectivity index (χ4n) is 2.33. The summed E-state index contributed by atoms with van der Waals surface area (Å²) in [5.41, 5.74) is 1.26. The van der Waals surface area contributed by atoms with Crippen LogP contribution in [0.15, 0.2) is 36.5 Å². The maximum Gasteiger partial charge on any atom is 0.407 e. The van der Waals surface area contributed by atoms with Gasteiger partial charge in [-0.25, -0.2) is 4.79 Å². The largest absolute Gasteiger partial charge is 0.444 e. The number of hydrogen-bond donors (Lipinski definition) is 2. The van der Waals surface area contributed by atoms with Gasteiger partial charge in [-0.05, 0) is 38.8 Å². The molecule has 0 radical (unpaired) electrons. The molecule has 0 bridgehead atoms. The maximum atomic E-state index is 12.0. The molecule has 0 aliphatic rings. The standard InChI is InChI=1S/C19H29N5O2/c1-14(2)17(22-18(25)26-19(3,4)5)13-20-11-15-12-21-24(23-15)16-9-7-6-8-10-16/h6-10,12,14,17,20H,11,13H2,1-5H3,(H,22,25)/t17-/m0/s1. The summed E-state index contributed by atoms with van der Waals surface area (Å²) in [6.07, 6.45) is 1.35. The van der Waals surface area contributed by atoms with E-state index >= 15 is 0 Å². The van der Waals surface area contributed by atoms with Crippen molar-refractivity contribution in [3.8, 4) is 5.69 Å². The van der Waals surface area contributed by atoms with Crippen LogP contribution >= 0.6 is 0 Å². The zero-order chi connectivity index (χ0) is 19.2. The molecular formula is C19H29N5O2. The predicted octanol–water partition coefficient (Wildman–Crippen LogP) is 2.91. The molecule has 7 heteroatoms. The van der Waals surface area contributed by atoms with Gasteiger partial charge in [0.1, 0.15) is 5.60 Å². The Labute approximate surface area is 155 Å². The molecule has 1 amide bonds. The number of hydrogen-bond acceptors (Lipinski definition) is 5. The molecule has 0 spiro atoms. The van der Waals surface area contributed by atoms with Crippen LogP contribution in [0.25, 0.3) is 5.69 Å². The highest BCUT2D eigenvalue weighted by Gasteiger charge is 2.21. The summed E-state index contributed by atoms with van der Waals surface area (Å²) in [5.74, 6) is 0.273. The molecule has 7 nitrogen and oxygen atoms in total. The number of para-hydroxylation sites is 1. The third-order valence-electron chi connectivity index (χ3n) is 3.70. The number of ether oxygens (including phenoxy) is 1. The average Bonchev–Trinajstić information content (AvgIpc) is 3.02. The summed E-state index contributed by atoms with van der Waals surface area (Å²) >= 11 is 0. The number of rotatable bonds is 7. The molecule has 0 aliphatic carbocycles. The molecule has 1 heterocycles. The second-order valence-electron chi connectivity index (χ2n) is 7.59. The van der Waals surface area contributed by atoms with E-state index < -0.39 is 11.7 Å². The van der Waals surface area contributed by atoms with Crippen LogP contribution in [0.1, 0.15) is 40.3 Å². The van der Waals surface area contributed by atoms with Gasteiger partial charge < -0.3 is 15.4 Å². The van der Waals surface area contributed by atoms with E-state index in [0.717, 1.165) is 11.4 Å². The highest BCUT2D eigenvalue weighted by Crippen LogP contribution is 2.09. The fraction of sp³-hybridized carbons (Fsp3) is 0.526. The van der Waals surface area contributed by atoms with Gasteiger partial charge >= 0.3 is 6.09 Å². The Morgan fingerprint density at radius 2 is 1.92 bits per heavy atom. The average molecular weight is 359 g/mol. The van der Waals surface area contributed by atoms with Crippen molar-refractivity contribution in [2.24, 2.45) is 5.92 Å². The van der Waals surface area contributed by atoms with Crippen LogP contribution in [-0.4, -0.2) is 39.3 Å². The molecule has 2 rings (SSSR count). The minimum absolute atomic E-state index is 0.0333. The van der Waals surface area contributed by atoms with Crippen molar-refractivity contribution in [3.63, 3.8) is 0 Å². The minimum atomic E-state index is -0.505. The highest BCUT2D eigenvalue weighted by atomic mass is 16.6. The number of benzene rings is 1. The summed E-state index contributed by atoms with van der Waals surface area (Å²) in [6, 6.07) is 9.74. The highest BCUT2D eigenvalue weighted by molar-refractivity contribution is 5.68. The van der Waals surface area contributed by atoms with Crippen LogP contribution in [0.4, 0.5) is 4.79 Å². The first kappa shape index (κ1) is 19.9.